The summed E-state index contributed by atoms with van der Waals surface area (Å²) in [5.74, 6) is 0. The summed E-state index contributed by atoms with van der Waals surface area (Å²) >= 11 is 0.930. The van der Waals surface area contributed by atoms with E-state index in [1.807, 2.05) is 13.1 Å². The van der Waals surface area contributed by atoms with E-state index in [1.165, 1.54) is 19.0 Å². The zero-order chi connectivity index (χ0) is 12.5. The van der Waals surface area contributed by atoms with Gasteiger partial charge in [0.25, 0.3) is 0 Å². The summed E-state index contributed by atoms with van der Waals surface area (Å²) in [6, 6.07) is 13.0. The summed E-state index contributed by atoms with van der Waals surface area (Å²) < 4.78 is 6.53. The van der Waals surface area contributed by atoms with Crippen LogP contribution in [-0.4, -0.2) is 38.7 Å². The maximum atomic E-state index is 9.24. The van der Waals surface area contributed by atoms with Crippen molar-refractivity contribution in [1.82, 2.24) is 4.57 Å². The van der Waals surface area contributed by atoms with Gasteiger partial charge in [0.2, 0.25) is 0 Å². The van der Waals surface area contributed by atoms with Crippen LogP contribution in [0.5, 0.6) is 0 Å². The van der Waals surface area contributed by atoms with Gasteiger partial charge in [-0.3, -0.25) is 0 Å². The van der Waals surface area contributed by atoms with Crippen LogP contribution in [0.15, 0.2) is 41.3 Å². The minimum absolute atomic E-state index is 0.106. The van der Waals surface area contributed by atoms with E-state index >= 15 is 0 Å². The first kappa shape index (κ1) is 12.3. The monoisotopic (exact) mass is 371 g/mol. The Kier molecular flexibility index (Phi) is 3.47. The third-order valence-electron chi connectivity index (χ3n) is 3.01. The van der Waals surface area contributed by atoms with E-state index in [-0.39, 0.29) is 6.61 Å². The van der Waals surface area contributed by atoms with Crippen LogP contribution < -0.4 is 0 Å². The van der Waals surface area contributed by atoms with Crippen molar-refractivity contribution >= 4 is 29.0 Å². The summed E-state index contributed by atoms with van der Waals surface area (Å²) in [5.41, 5.74) is 2.21. The first-order valence-corrected chi connectivity index (χ1v) is 9.25. The summed E-state index contributed by atoms with van der Waals surface area (Å²) in [6.45, 7) is 0.106. The van der Waals surface area contributed by atoms with Gasteiger partial charge in [-0.15, -0.1) is 0 Å². The van der Waals surface area contributed by atoms with Crippen molar-refractivity contribution < 1.29 is 5.11 Å². The first-order valence-electron chi connectivity index (χ1n) is 5.69. The van der Waals surface area contributed by atoms with E-state index in [2.05, 4.69) is 39.8 Å². The van der Waals surface area contributed by atoms with Crippen molar-refractivity contribution in [1.29, 1.82) is 0 Å². The Morgan fingerprint density at radius 3 is 2.56 bits per heavy atom. The van der Waals surface area contributed by atoms with Crippen LogP contribution in [-0.2, 0) is 13.7 Å². The third-order valence-corrected chi connectivity index (χ3v) is 7.95. The molecule has 0 aliphatic heterocycles. The number of rotatable bonds is 3. The standard InChI is InChI=1S/C14H13NOSe2/c1-15-10(9-16)4-5-11(15)12-6-7-14(18-12)13-3-2-8-17-13/h2-8,16H,9H2,1H3. The second-order valence-corrected chi connectivity index (χ2v) is 8.33. The molecule has 2 nitrogen and oxygen atoms in total. The van der Waals surface area contributed by atoms with Gasteiger partial charge < -0.3 is 0 Å². The SMILES string of the molecule is Cn1c(CO)ccc1-c1ccc(-c2ccc[se]2)[se]1. The van der Waals surface area contributed by atoms with Crippen LogP contribution in [0, 0.1) is 0 Å². The molecule has 92 valence electrons. The molecule has 0 amide bonds. The summed E-state index contributed by atoms with van der Waals surface area (Å²) in [7, 11) is 2.02. The summed E-state index contributed by atoms with van der Waals surface area (Å²) in [5, 5.41) is 9.24. The zero-order valence-corrected chi connectivity index (χ0v) is 13.4. The molecule has 3 aromatic rings. The topological polar surface area (TPSA) is 25.2 Å². The Bertz CT molecular complexity index is 649. The molecule has 0 spiro atoms. The molecule has 18 heavy (non-hydrogen) atoms. The summed E-state index contributed by atoms with van der Waals surface area (Å²) in [4.78, 5) is 2.27. The van der Waals surface area contributed by atoms with E-state index in [0.29, 0.717) is 29.0 Å². The molecule has 0 saturated carbocycles. The molecule has 3 aromatic heterocycles. The van der Waals surface area contributed by atoms with E-state index in [1.54, 1.807) is 0 Å². The number of hydrogen-bond acceptors (Lipinski definition) is 1. The first-order chi connectivity index (χ1) is 8.79. The Morgan fingerprint density at radius 2 is 1.89 bits per heavy atom. The molecule has 0 aromatic carbocycles. The number of aliphatic hydroxyl groups excluding tert-OH is 1. The van der Waals surface area contributed by atoms with Crippen LogP contribution in [0.4, 0.5) is 0 Å². The zero-order valence-electron chi connectivity index (χ0n) is 9.96. The molecule has 3 heterocycles. The predicted molar refractivity (Wildman–Crippen MR) is 76.1 cm³/mol. The van der Waals surface area contributed by atoms with Gasteiger partial charge >= 0.3 is 118 Å². The van der Waals surface area contributed by atoms with Crippen LogP contribution >= 0.6 is 0 Å². The molecule has 0 radical (unpaired) electrons. The number of aromatic nitrogens is 1. The second kappa shape index (κ2) is 5.08. The molecular weight excluding hydrogens is 356 g/mol. The van der Waals surface area contributed by atoms with Crippen molar-refractivity contribution in [2.45, 2.75) is 6.61 Å². The fourth-order valence-electron chi connectivity index (χ4n) is 1.99. The van der Waals surface area contributed by atoms with Gasteiger partial charge in [-0.2, -0.15) is 0 Å². The van der Waals surface area contributed by atoms with E-state index < -0.39 is 0 Å². The van der Waals surface area contributed by atoms with Crippen LogP contribution in [0.1, 0.15) is 5.69 Å². The molecule has 0 aliphatic carbocycles. The van der Waals surface area contributed by atoms with E-state index in [9.17, 15) is 5.11 Å². The van der Waals surface area contributed by atoms with E-state index in [0.717, 1.165) is 5.69 Å². The van der Waals surface area contributed by atoms with Crippen molar-refractivity contribution in [3.63, 3.8) is 0 Å². The Labute approximate surface area is 118 Å². The van der Waals surface area contributed by atoms with Gasteiger partial charge in [-0.1, -0.05) is 0 Å². The quantitative estimate of drug-likeness (QED) is 0.702. The third kappa shape index (κ3) is 2.11. The van der Waals surface area contributed by atoms with Gasteiger partial charge in [0.15, 0.2) is 0 Å². The molecule has 3 rings (SSSR count). The Hall–Kier alpha value is -0.761. The molecule has 0 unspecified atom stereocenters. The van der Waals surface area contributed by atoms with Gasteiger partial charge in [0.05, 0.1) is 0 Å². The van der Waals surface area contributed by atoms with Crippen molar-refractivity contribution in [2.24, 2.45) is 7.05 Å². The fourth-order valence-corrected chi connectivity index (χ4v) is 6.39. The van der Waals surface area contributed by atoms with Crippen LogP contribution in [0.2, 0.25) is 0 Å². The van der Waals surface area contributed by atoms with E-state index in [4.69, 9.17) is 0 Å². The molecular formula is C14H13NOSe2. The molecule has 4 heteroatoms. The molecule has 0 saturated heterocycles. The minimum atomic E-state index is 0.106. The molecule has 1 N–H and O–H groups in total. The Morgan fingerprint density at radius 1 is 1.06 bits per heavy atom. The van der Waals surface area contributed by atoms with Crippen molar-refractivity contribution in [3.05, 3.63) is 47.0 Å². The van der Waals surface area contributed by atoms with Crippen molar-refractivity contribution in [3.8, 4) is 19.0 Å². The molecule has 0 bridgehead atoms. The molecule has 0 atom stereocenters. The van der Waals surface area contributed by atoms with Gasteiger partial charge in [-0.05, 0) is 0 Å². The average Bonchev–Trinajstić information content (AvgIpc) is 3.08. The predicted octanol–water partition coefficient (Wildman–Crippen LogP) is 1.97. The average molecular weight is 369 g/mol. The summed E-state index contributed by atoms with van der Waals surface area (Å²) in [6.07, 6.45) is 0. The van der Waals surface area contributed by atoms with Gasteiger partial charge in [-0.25, -0.2) is 0 Å². The van der Waals surface area contributed by atoms with Crippen LogP contribution in [0.25, 0.3) is 19.0 Å². The van der Waals surface area contributed by atoms with Gasteiger partial charge in [0, 0.05) is 0 Å². The number of hydrogen-bond donors (Lipinski definition) is 1. The van der Waals surface area contributed by atoms with Crippen LogP contribution in [0.3, 0.4) is 0 Å². The maximum absolute atomic E-state index is 9.24. The number of nitrogens with zero attached hydrogens (tertiary/aromatic N) is 1. The van der Waals surface area contributed by atoms with Gasteiger partial charge in [0.1, 0.15) is 0 Å². The molecule has 0 fully saturated rings. The van der Waals surface area contributed by atoms with Crippen molar-refractivity contribution in [2.75, 3.05) is 0 Å². The Balaban J connectivity index is 2.00. The molecule has 0 aliphatic rings. The second-order valence-electron chi connectivity index (χ2n) is 4.07. The fraction of sp³-hybridized carbons (Fsp3) is 0.143. The normalized spacial score (nSPS) is 11.0. The number of aliphatic hydroxyl groups is 1.